The summed E-state index contributed by atoms with van der Waals surface area (Å²) in [6, 6.07) is 4.13. The van der Waals surface area contributed by atoms with Crippen molar-refractivity contribution in [3.05, 3.63) is 23.8 Å². The van der Waals surface area contributed by atoms with E-state index in [2.05, 4.69) is 16.0 Å². The number of nitrogens with one attached hydrogen (secondary N) is 3. The van der Waals surface area contributed by atoms with E-state index in [-0.39, 0.29) is 17.3 Å². The van der Waals surface area contributed by atoms with Crippen LogP contribution in [0.3, 0.4) is 0 Å². The Morgan fingerprint density at radius 1 is 1.33 bits per heavy atom. The Kier molecular flexibility index (Phi) is 4.99. The van der Waals surface area contributed by atoms with Crippen LogP contribution in [0.4, 0.5) is 10.5 Å². The molecule has 0 unspecified atom stereocenters. The van der Waals surface area contributed by atoms with Crippen molar-refractivity contribution in [1.29, 1.82) is 0 Å². The smallest absolute Gasteiger partial charge is 0.337 e. The van der Waals surface area contributed by atoms with Crippen molar-refractivity contribution in [3.8, 4) is 5.75 Å². The molecule has 21 heavy (non-hydrogen) atoms. The van der Waals surface area contributed by atoms with Crippen molar-refractivity contribution in [2.45, 2.75) is 18.9 Å². The number of carbonyl (C=O) groups is 2. The third-order valence-electron chi connectivity index (χ3n) is 3.38. The largest absolute Gasteiger partial charge is 0.497 e. The molecule has 0 atom stereocenters. The van der Waals surface area contributed by atoms with Gasteiger partial charge in [-0.25, -0.2) is 9.59 Å². The van der Waals surface area contributed by atoms with Crippen molar-refractivity contribution < 1.29 is 19.4 Å². The number of urea groups is 1. The molecule has 0 radical (unpaired) electrons. The van der Waals surface area contributed by atoms with Crippen LogP contribution in [0.5, 0.6) is 5.75 Å². The summed E-state index contributed by atoms with van der Waals surface area (Å²) in [6.07, 6.45) is 1.72. The van der Waals surface area contributed by atoms with E-state index < -0.39 is 12.0 Å². The molecule has 1 saturated heterocycles. The van der Waals surface area contributed by atoms with Crippen molar-refractivity contribution in [1.82, 2.24) is 10.6 Å². The molecule has 1 aliphatic rings. The maximum Gasteiger partial charge on any atom is 0.337 e. The van der Waals surface area contributed by atoms with Crippen molar-refractivity contribution in [2.75, 3.05) is 25.5 Å². The van der Waals surface area contributed by atoms with Crippen molar-refractivity contribution in [3.63, 3.8) is 0 Å². The maximum absolute atomic E-state index is 12.0. The van der Waals surface area contributed by atoms with Gasteiger partial charge in [-0.1, -0.05) is 0 Å². The fourth-order valence-corrected chi connectivity index (χ4v) is 2.25. The molecule has 0 bridgehead atoms. The summed E-state index contributed by atoms with van der Waals surface area (Å²) in [6.45, 7) is 1.73. The summed E-state index contributed by atoms with van der Waals surface area (Å²) < 4.78 is 5.05. The first-order chi connectivity index (χ1) is 10.1. The molecular formula is C14H19N3O4. The van der Waals surface area contributed by atoms with Gasteiger partial charge in [-0.3, -0.25) is 0 Å². The number of benzene rings is 1. The average molecular weight is 293 g/mol. The predicted molar refractivity (Wildman–Crippen MR) is 78.0 cm³/mol. The number of hydrogen-bond donors (Lipinski definition) is 4. The highest BCUT2D eigenvalue weighted by atomic mass is 16.5. The van der Waals surface area contributed by atoms with E-state index >= 15 is 0 Å². The molecule has 1 fully saturated rings. The number of rotatable bonds is 4. The SMILES string of the molecule is COc1ccc(C(=O)O)c(NC(=O)NC2CCNCC2)c1. The summed E-state index contributed by atoms with van der Waals surface area (Å²) >= 11 is 0. The minimum Gasteiger partial charge on any atom is -0.497 e. The number of amides is 2. The summed E-state index contributed by atoms with van der Waals surface area (Å²) in [4.78, 5) is 23.2. The number of piperidine rings is 1. The van der Waals surface area contributed by atoms with E-state index in [1.165, 1.54) is 19.2 Å². The van der Waals surface area contributed by atoms with Gasteiger partial charge in [0.25, 0.3) is 0 Å². The summed E-state index contributed by atoms with van der Waals surface area (Å²) in [7, 11) is 1.48. The van der Waals surface area contributed by atoms with Crippen LogP contribution in [-0.4, -0.2) is 43.3 Å². The van der Waals surface area contributed by atoms with Gasteiger partial charge in [0.05, 0.1) is 18.4 Å². The zero-order chi connectivity index (χ0) is 15.2. The van der Waals surface area contributed by atoms with E-state index in [4.69, 9.17) is 9.84 Å². The van der Waals surface area contributed by atoms with Gasteiger partial charge < -0.3 is 25.8 Å². The number of anilines is 1. The number of carboxylic acid groups (broad SMARTS) is 1. The first-order valence-electron chi connectivity index (χ1n) is 6.79. The molecule has 114 valence electrons. The first kappa shape index (κ1) is 15.1. The molecule has 1 aromatic carbocycles. The van der Waals surface area contributed by atoms with E-state index in [1.807, 2.05) is 0 Å². The van der Waals surface area contributed by atoms with Crippen LogP contribution < -0.4 is 20.7 Å². The molecule has 2 rings (SSSR count). The van der Waals surface area contributed by atoms with Gasteiger partial charge in [-0.15, -0.1) is 0 Å². The lowest BCUT2D eigenvalue weighted by molar-refractivity contribution is 0.0698. The zero-order valence-corrected chi connectivity index (χ0v) is 11.8. The summed E-state index contributed by atoms with van der Waals surface area (Å²) in [5.74, 6) is -0.619. The number of hydrogen-bond acceptors (Lipinski definition) is 4. The van der Waals surface area contributed by atoms with Crippen LogP contribution in [0.25, 0.3) is 0 Å². The number of carboxylic acids is 1. The third-order valence-corrected chi connectivity index (χ3v) is 3.38. The molecule has 4 N–H and O–H groups in total. The number of ether oxygens (including phenoxy) is 1. The van der Waals surface area contributed by atoms with Crippen LogP contribution in [0.2, 0.25) is 0 Å². The summed E-state index contributed by atoms with van der Waals surface area (Å²) in [5.41, 5.74) is 0.240. The van der Waals surface area contributed by atoms with Gasteiger partial charge in [-0.05, 0) is 38.1 Å². The van der Waals surface area contributed by atoms with E-state index in [0.717, 1.165) is 25.9 Å². The molecule has 0 saturated carbocycles. The van der Waals surface area contributed by atoms with Crippen molar-refractivity contribution >= 4 is 17.7 Å². The number of carbonyl (C=O) groups excluding carboxylic acids is 1. The zero-order valence-electron chi connectivity index (χ0n) is 11.8. The lowest BCUT2D eigenvalue weighted by Gasteiger charge is -2.24. The van der Waals surface area contributed by atoms with Crippen LogP contribution in [0.15, 0.2) is 18.2 Å². The molecule has 1 aliphatic heterocycles. The van der Waals surface area contributed by atoms with Gasteiger partial charge in [0.15, 0.2) is 0 Å². The topological polar surface area (TPSA) is 99.7 Å². The second-order valence-corrected chi connectivity index (χ2v) is 4.84. The maximum atomic E-state index is 12.0. The second kappa shape index (κ2) is 6.94. The molecule has 7 heteroatoms. The Balaban J connectivity index is 2.06. The highest BCUT2D eigenvalue weighted by molar-refractivity contribution is 6.00. The van der Waals surface area contributed by atoms with E-state index in [1.54, 1.807) is 6.07 Å². The molecular weight excluding hydrogens is 274 g/mol. The lowest BCUT2D eigenvalue weighted by atomic mass is 10.1. The molecule has 0 aromatic heterocycles. The van der Waals surface area contributed by atoms with Crippen molar-refractivity contribution in [2.24, 2.45) is 0 Å². The fourth-order valence-electron chi connectivity index (χ4n) is 2.25. The van der Waals surface area contributed by atoms with Gasteiger partial charge >= 0.3 is 12.0 Å². The highest BCUT2D eigenvalue weighted by Crippen LogP contribution is 2.22. The normalized spacial score (nSPS) is 15.3. The van der Waals surface area contributed by atoms with Crippen LogP contribution >= 0.6 is 0 Å². The molecule has 7 nitrogen and oxygen atoms in total. The lowest BCUT2D eigenvalue weighted by Crippen LogP contribution is -2.44. The van der Waals surface area contributed by atoms with Crippen LogP contribution in [-0.2, 0) is 0 Å². The third kappa shape index (κ3) is 4.09. The molecule has 0 aliphatic carbocycles. The minimum atomic E-state index is -1.10. The minimum absolute atomic E-state index is 0.0243. The van der Waals surface area contributed by atoms with Crippen LogP contribution in [0.1, 0.15) is 23.2 Å². The predicted octanol–water partition coefficient (Wildman–Crippen LogP) is 1.27. The van der Waals surface area contributed by atoms with Crippen LogP contribution in [0, 0.1) is 0 Å². The average Bonchev–Trinajstić information content (AvgIpc) is 2.47. The van der Waals surface area contributed by atoms with Gasteiger partial charge in [-0.2, -0.15) is 0 Å². The molecule has 0 spiro atoms. The Morgan fingerprint density at radius 2 is 2.05 bits per heavy atom. The standard InChI is InChI=1S/C14H19N3O4/c1-21-10-2-3-11(13(18)19)12(8-10)17-14(20)16-9-4-6-15-7-5-9/h2-3,8-9,15H,4-7H2,1H3,(H,18,19)(H2,16,17,20). The van der Waals surface area contributed by atoms with E-state index in [0.29, 0.717) is 5.75 Å². The Hall–Kier alpha value is -2.28. The van der Waals surface area contributed by atoms with Gasteiger partial charge in [0.2, 0.25) is 0 Å². The number of aromatic carboxylic acids is 1. The quantitative estimate of drug-likeness (QED) is 0.670. The molecule has 1 aromatic rings. The Morgan fingerprint density at radius 3 is 2.67 bits per heavy atom. The first-order valence-corrected chi connectivity index (χ1v) is 6.79. The summed E-state index contributed by atoms with van der Waals surface area (Å²) in [5, 5.41) is 17.8. The van der Waals surface area contributed by atoms with E-state index in [9.17, 15) is 9.59 Å². The fraction of sp³-hybridized carbons (Fsp3) is 0.429. The highest BCUT2D eigenvalue weighted by Gasteiger charge is 2.17. The monoisotopic (exact) mass is 293 g/mol. The Labute approximate surface area is 122 Å². The number of methoxy groups -OCH3 is 1. The van der Waals surface area contributed by atoms with Gasteiger partial charge in [0, 0.05) is 12.1 Å². The second-order valence-electron chi connectivity index (χ2n) is 4.84. The molecule has 2 amide bonds. The van der Waals surface area contributed by atoms with Gasteiger partial charge in [0.1, 0.15) is 5.75 Å². The molecule has 1 heterocycles. The Bertz CT molecular complexity index is 527.